The maximum atomic E-state index is 11.3. The highest BCUT2D eigenvalue weighted by molar-refractivity contribution is 5.90. The third-order valence-corrected chi connectivity index (χ3v) is 3.99. The summed E-state index contributed by atoms with van der Waals surface area (Å²) < 4.78 is 5.27. The molecule has 0 aliphatic rings. The summed E-state index contributed by atoms with van der Waals surface area (Å²) in [4.78, 5) is 11.3. The highest BCUT2D eigenvalue weighted by Gasteiger charge is 2.19. The Bertz CT molecular complexity index is 646. The maximum absolute atomic E-state index is 11.3. The van der Waals surface area contributed by atoms with Crippen LogP contribution in [0.25, 0.3) is 10.8 Å². The molecule has 0 aromatic heterocycles. The fourth-order valence-electron chi connectivity index (χ4n) is 2.69. The minimum absolute atomic E-state index is 0.483. The molecule has 3 heteroatoms. The summed E-state index contributed by atoms with van der Waals surface area (Å²) in [6.07, 6.45) is 3.06. The van der Waals surface area contributed by atoms with E-state index in [0.717, 1.165) is 46.9 Å². The lowest BCUT2D eigenvalue weighted by Crippen LogP contribution is -2.10. The molecule has 0 radical (unpaired) electrons. The van der Waals surface area contributed by atoms with Crippen LogP contribution >= 0.6 is 0 Å². The van der Waals surface area contributed by atoms with E-state index in [1.807, 2.05) is 30.3 Å². The minimum atomic E-state index is -0.777. The molecule has 2 rings (SSSR count). The highest BCUT2D eigenvalue weighted by atomic mass is 16.5. The number of methoxy groups -OCH3 is 1. The zero-order valence-corrected chi connectivity index (χ0v) is 12.8. The van der Waals surface area contributed by atoms with E-state index in [0.29, 0.717) is 0 Å². The van der Waals surface area contributed by atoms with Crippen molar-refractivity contribution in [1.82, 2.24) is 0 Å². The highest BCUT2D eigenvalue weighted by Crippen LogP contribution is 2.31. The number of carboxylic acid groups (broad SMARTS) is 1. The second-order valence-corrected chi connectivity index (χ2v) is 5.38. The zero-order valence-electron chi connectivity index (χ0n) is 12.8. The number of aryl methyl sites for hydroxylation is 1. The number of ether oxygens (including phenoxy) is 1. The van der Waals surface area contributed by atoms with Gasteiger partial charge in [-0.1, -0.05) is 31.5 Å². The monoisotopic (exact) mass is 286 g/mol. The number of fused-ring (bicyclic) bond motifs is 1. The van der Waals surface area contributed by atoms with Crippen LogP contribution in [-0.2, 0) is 11.2 Å². The minimum Gasteiger partial charge on any atom is -0.497 e. The van der Waals surface area contributed by atoms with Crippen LogP contribution in [0.15, 0.2) is 30.3 Å². The van der Waals surface area contributed by atoms with Gasteiger partial charge in [0, 0.05) is 0 Å². The smallest absolute Gasteiger partial charge is 0.310 e. The summed E-state index contributed by atoms with van der Waals surface area (Å²) in [5.41, 5.74) is 2.08. The van der Waals surface area contributed by atoms with E-state index in [2.05, 4.69) is 6.92 Å². The summed E-state index contributed by atoms with van der Waals surface area (Å²) in [7, 11) is 1.65. The van der Waals surface area contributed by atoms with Gasteiger partial charge in [-0.15, -0.1) is 0 Å². The fourth-order valence-corrected chi connectivity index (χ4v) is 2.69. The molecule has 0 bridgehead atoms. The number of carbonyl (C=O) groups is 1. The van der Waals surface area contributed by atoms with Crippen molar-refractivity contribution in [2.24, 2.45) is 0 Å². The number of benzene rings is 2. The number of rotatable bonds is 6. The molecular formula is C18H22O3. The first-order chi connectivity index (χ1) is 10.1. The van der Waals surface area contributed by atoms with Gasteiger partial charge in [-0.2, -0.15) is 0 Å². The van der Waals surface area contributed by atoms with Crippen molar-refractivity contribution >= 4 is 16.7 Å². The predicted octanol–water partition coefficient (Wildman–Crippen LogP) is 4.38. The van der Waals surface area contributed by atoms with E-state index in [1.165, 1.54) is 0 Å². The summed E-state index contributed by atoms with van der Waals surface area (Å²) in [6.45, 7) is 3.90. The molecule has 1 N–H and O–H groups in total. The van der Waals surface area contributed by atoms with Crippen LogP contribution in [-0.4, -0.2) is 18.2 Å². The Labute approximate surface area is 125 Å². The molecule has 0 saturated heterocycles. The Morgan fingerprint density at radius 3 is 2.67 bits per heavy atom. The van der Waals surface area contributed by atoms with Gasteiger partial charge in [0.25, 0.3) is 0 Å². The standard InChI is InChI=1S/C18H22O3/c1-4-5-6-17-15(12(2)18(19)20)9-7-13-11-14(21-3)8-10-16(13)17/h7-12H,4-6H2,1-3H3,(H,19,20)/t12-/m0/s1. The van der Waals surface area contributed by atoms with Gasteiger partial charge < -0.3 is 9.84 Å². The van der Waals surface area contributed by atoms with Gasteiger partial charge in [-0.05, 0) is 53.8 Å². The molecule has 0 heterocycles. The summed E-state index contributed by atoms with van der Waals surface area (Å²) >= 11 is 0. The first-order valence-electron chi connectivity index (χ1n) is 7.40. The van der Waals surface area contributed by atoms with E-state index in [4.69, 9.17) is 4.74 Å². The third-order valence-electron chi connectivity index (χ3n) is 3.99. The summed E-state index contributed by atoms with van der Waals surface area (Å²) in [5.74, 6) is -0.438. The van der Waals surface area contributed by atoms with E-state index in [-0.39, 0.29) is 0 Å². The second kappa shape index (κ2) is 6.61. The van der Waals surface area contributed by atoms with Crippen LogP contribution in [0.2, 0.25) is 0 Å². The molecule has 3 nitrogen and oxygen atoms in total. The second-order valence-electron chi connectivity index (χ2n) is 5.38. The van der Waals surface area contributed by atoms with Crippen molar-refractivity contribution in [2.75, 3.05) is 7.11 Å². The van der Waals surface area contributed by atoms with Gasteiger partial charge in [0.05, 0.1) is 13.0 Å². The normalized spacial score (nSPS) is 12.3. The van der Waals surface area contributed by atoms with Crippen molar-refractivity contribution in [3.63, 3.8) is 0 Å². The van der Waals surface area contributed by atoms with Crippen LogP contribution in [0.5, 0.6) is 5.75 Å². The Kier molecular flexibility index (Phi) is 4.84. The van der Waals surface area contributed by atoms with Gasteiger partial charge in [0.2, 0.25) is 0 Å². The lowest BCUT2D eigenvalue weighted by atomic mass is 9.88. The van der Waals surface area contributed by atoms with Crippen molar-refractivity contribution in [1.29, 1.82) is 0 Å². The lowest BCUT2D eigenvalue weighted by Gasteiger charge is -2.16. The Morgan fingerprint density at radius 2 is 2.05 bits per heavy atom. The predicted molar refractivity (Wildman–Crippen MR) is 85.2 cm³/mol. The van der Waals surface area contributed by atoms with E-state index >= 15 is 0 Å². The molecular weight excluding hydrogens is 264 g/mol. The van der Waals surface area contributed by atoms with Crippen LogP contribution < -0.4 is 4.74 Å². The number of hydrogen-bond acceptors (Lipinski definition) is 2. The van der Waals surface area contributed by atoms with Gasteiger partial charge in [0.1, 0.15) is 5.75 Å². The molecule has 2 aromatic carbocycles. The maximum Gasteiger partial charge on any atom is 0.310 e. The van der Waals surface area contributed by atoms with Gasteiger partial charge >= 0.3 is 5.97 Å². The summed E-state index contributed by atoms with van der Waals surface area (Å²) in [5, 5.41) is 11.6. The average Bonchev–Trinajstić information content (AvgIpc) is 2.50. The summed E-state index contributed by atoms with van der Waals surface area (Å²) in [6, 6.07) is 9.91. The Morgan fingerprint density at radius 1 is 1.29 bits per heavy atom. The number of unbranched alkanes of at least 4 members (excludes halogenated alkanes) is 1. The number of hydrogen-bond donors (Lipinski definition) is 1. The molecule has 0 spiro atoms. The fraction of sp³-hybridized carbons (Fsp3) is 0.389. The molecule has 112 valence electrons. The lowest BCUT2D eigenvalue weighted by molar-refractivity contribution is -0.138. The molecule has 0 aliphatic heterocycles. The van der Waals surface area contributed by atoms with Crippen LogP contribution in [0.1, 0.15) is 43.7 Å². The molecule has 0 fully saturated rings. The first-order valence-corrected chi connectivity index (χ1v) is 7.40. The third kappa shape index (κ3) is 3.18. The SMILES string of the molecule is CCCCc1c([C@H](C)C(=O)O)ccc2cc(OC)ccc12. The van der Waals surface area contributed by atoms with Crippen molar-refractivity contribution < 1.29 is 14.6 Å². The first kappa shape index (κ1) is 15.4. The molecule has 0 unspecified atom stereocenters. The van der Waals surface area contributed by atoms with Crippen molar-refractivity contribution in [2.45, 2.75) is 39.0 Å². The van der Waals surface area contributed by atoms with Crippen molar-refractivity contribution in [3.05, 3.63) is 41.5 Å². The van der Waals surface area contributed by atoms with Crippen LogP contribution in [0.4, 0.5) is 0 Å². The van der Waals surface area contributed by atoms with Crippen LogP contribution in [0.3, 0.4) is 0 Å². The van der Waals surface area contributed by atoms with E-state index < -0.39 is 11.9 Å². The van der Waals surface area contributed by atoms with E-state index in [1.54, 1.807) is 14.0 Å². The topological polar surface area (TPSA) is 46.5 Å². The molecule has 0 saturated carbocycles. The molecule has 2 aromatic rings. The average molecular weight is 286 g/mol. The molecule has 0 amide bonds. The Hall–Kier alpha value is -2.03. The van der Waals surface area contributed by atoms with E-state index in [9.17, 15) is 9.90 Å². The van der Waals surface area contributed by atoms with Crippen LogP contribution in [0, 0.1) is 0 Å². The molecule has 0 aliphatic carbocycles. The number of aliphatic carboxylic acids is 1. The number of carboxylic acids is 1. The zero-order chi connectivity index (χ0) is 15.4. The van der Waals surface area contributed by atoms with Crippen molar-refractivity contribution in [3.8, 4) is 5.75 Å². The van der Waals surface area contributed by atoms with Gasteiger partial charge in [0.15, 0.2) is 0 Å². The van der Waals surface area contributed by atoms with Gasteiger partial charge in [-0.3, -0.25) is 4.79 Å². The Balaban J connectivity index is 2.60. The molecule has 1 atom stereocenters. The van der Waals surface area contributed by atoms with Gasteiger partial charge in [-0.25, -0.2) is 0 Å². The quantitative estimate of drug-likeness (QED) is 0.857. The molecule has 21 heavy (non-hydrogen) atoms. The largest absolute Gasteiger partial charge is 0.497 e.